The SMILES string of the molecule is NC(=O)NC(=O)COc1cccnc1[N+](=O)[O-]. The van der Waals surface area contributed by atoms with Crippen molar-refractivity contribution in [3.05, 3.63) is 28.4 Å². The van der Waals surface area contributed by atoms with Crippen molar-refractivity contribution in [2.24, 2.45) is 5.73 Å². The molecular formula is C8H8N4O5. The summed E-state index contributed by atoms with van der Waals surface area (Å²) in [4.78, 5) is 34.5. The Morgan fingerprint density at radius 2 is 2.29 bits per heavy atom. The maximum absolute atomic E-state index is 11.0. The highest BCUT2D eigenvalue weighted by Crippen LogP contribution is 2.22. The van der Waals surface area contributed by atoms with Gasteiger partial charge in [0.05, 0.1) is 0 Å². The fraction of sp³-hybridized carbons (Fsp3) is 0.125. The van der Waals surface area contributed by atoms with Crippen molar-refractivity contribution >= 4 is 17.8 Å². The molecule has 0 fully saturated rings. The number of ether oxygens (including phenoxy) is 1. The minimum atomic E-state index is -1.03. The molecule has 1 aromatic heterocycles. The predicted molar refractivity (Wildman–Crippen MR) is 54.1 cm³/mol. The Balaban J connectivity index is 2.66. The van der Waals surface area contributed by atoms with Gasteiger partial charge in [0.2, 0.25) is 5.75 Å². The van der Waals surface area contributed by atoms with E-state index in [1.54, 1.807) is 5.32 Å². The van der Waals surface area contributed by atoms with Crippen LogP contribution in [-0.2, 0) is 4.79 Å². The summed E-state index contributed by atoms with van der Waals surface area (Å²) in [6.07, 6.45) is 1.22. The number of hydrogen-bond donors (Lipinski definition) is 2. The highest BCUT2D eigenvalue weighted by molar-refractivity contribution is 5.94. The van der Waals surface area contributed by atoms with Crippen LogP contribution in [0.5, 0.6) is 5.75 Å². The van der Waals surface area contributed by atoms with Crippen molar-refractivity contribution in [2.45, 2.75) is 0 Å². The first kappa shape index (κ1) is 12.4. The Bertz CT molecular complexity index is 461. The topological polar surface area (TPSA) is 137 Å². The number of amides is 3. The number of nitro groups is 1. The third-order valence-electron chi connectivity index (χ3n) is 1.55. The standard InChI is InChI=1S/C8H8N4O5/c9-8(14)11-6(13)4-17-5-2-1-3-10-7(5)12(15)16/h1-3H,4H2,(H3,9,11,13,14). The molecule has 3 N–H and O–H groups in total. The summed E-state index contributed by atoms with van der Waals surface area (Å²) in [6, 6.07) is 1.66. The number of carbonyl (C=O) groups excluding carboxylic acids is 2. The summed E-state index contributed by atoms with van der Waals surface area (Å²) >= 11 is 0. The lowest BCUT2D eigenvalue weighted by atomic mass is 10.4. The smallest absolute Gasteiger partial charge is 0.406 e. The zero-order chi connectivity index (χ0) is 12.8. The second-order valence-electron chi connectivity index (χ2n) is 2.78. The van der Waals surface area contributed by atoms with Crippen LogP contribution in [0.3, 0.4) is 0 Å². The number of hydrogen-bond acceptors (Lipinski definition) is 6. The minimum Gasteiger partial charge on any atom is -0.476 e. The van der Waals surface area contributed by atoms with Crippen molar-refractivity contribution in [2.75, 3.05) is 6.61 Å². The van der Waals surface area contributed by atoms with Crippen LogP contribution < -0.4 is 15.8 Å². The summed E-state index contributed by atoms with van der Waals surface area (Å²) in [5, 5.41) is 12.3. The summed E-state index contributed by atoms with van der Waals surface area (Å²) < 4.78 is 4.84. The van der Waals surface area contributed by atoms with Crippen molar-refractivity contribution in [1.82, 2.24) is 10.3 Å². The highest BCUT2D eigenvalue weighted by atomic mass is 16.6. The molecule has 0 aliphatic heterocycles. The van der Waals surface area contributed by atoms with Crippen LogP contribution in [-0.4, -0.2) is 28.5 Å². The molecule has 0 aromatic carbocycles. The van der Waals surface area contributed by atoms with Crippen LogP contribution in [0, 0.1) is 10.1 Å². The second-order valence-corrected chi connectivity index (χ2v) is 2.78. The van der Waals surface area contributed by atoms with Gasteiger partial charge in [-0.05, 0) is 22.0 Å². The number of imide groups is 1. The molecule has 1 rings (SSSR count). The number of carbonyl (C=O) groups is 2. The van der Waals surface area contributed by atoms with E-state index in [4.69, 9.17) is 10.5 Å². The molecule has 0 saturated carbocycles. The molecule has 0 saturated heterocycles. The number of nitrogens with two attached hydrogens (primary N) is 1. The van der Waals surface area contributed by atoms with Crippen LogP contribution in [0.1, 0.15) is 0 Å². The Morgan fingerprint density at radius 1 is 1.59 bits per heavy atom. The normalized spacial score (nSPS) is 9.41. The maximum atomic E-state index is 11.0. The van der Waals surface area contributed by atoms with Gasteiger partial charge in [0, 0.05) is 0 Å². The maximum Gasteiger partial charge on any atom is 0.406 e. The number of primary amides is 1. The number of nitrogens with one attached hydrogen (secondary N) is 1. The molecule has 3 amide bonds. The average molecular weight is 240 g/mol. The Kier molecular flexibility index (Phi) is 3.92. The van der Waals surface area contributed by atoms with Crippen molar-refractivity contribution < 1.29 is 19.2 Å². The lowest BCUT2D eigenvalue weighted by Gasteiger charge is -2.04. The van der Waals surface area contributed by atoms with Crippen molar-refractivity contribution in [3.63, 3.8) is 0 Å². The molecule has 90 valence electrons. The molecular weight excluding hydrogens is 232 g/mol. The highest BCUT2D eigenvalue weighted by Gasteiger charge is 2.16. The van der Waals surface area contributed by atoms with Gasteiger partial charge in [0.25, 0.3) is 5.91 Å². The van der Waals surface area contributed by atoms with Gasteiger partial charge < -0.3 is 20.6 Å². The number of pyridine rings is 1. The van der Waals surface area contributed by atoms with E-state index in [0.29, 0.717) is 0 Å². The molecule has 9 heteroatoms. The molecule has 0 bridgehead atoms. The zero-order valence-corrected chi connectivity index (χ0v) is 8.45. The fourth-order valence-corrected chi connectivity index (χ4v) is 0.949. The van der Waals surface area contributed by atoms with Gasteiger partial charge in [0.15, 0.2) is 6.61 Å². The Hall–Kier alpha value is -2.71. The molecule has 9 nitrogen and oxygen atoms in total. The first-order chi connectivity index (χ1) is 8.00. The largest absolute Gasteiger partial charge is 0.476 e. The van der Waals surface area contributed by atoms with E-state index in [1.807, 2.05) is 0 Å². The van der Waals surface area contributed by atoms with Gasteiger partial charge in [0.1, 0.15) is 6.20 Å². The van der Waals surface area contributed by atoms with Gasteiger partial charge in [-0.25, -0.2) is 4.79 Å². The van der Waals surface area contributed by atoms with E-state index in [2.05, 4.69) is 4.98 Å². The number of rotatable bonds is 4. The lowest BCUT2D eigenvalue weighted by molar-refractivity contribution is -0.390. The van der Waals surface area contributed by atoms with Crippen molar-refractivity contribution in [3.8, 4) is 5.75 Å². The third-order valence-corrected chi connectivity index (χ3v) is 1.55. The van der Waals surface area contributed by atoms with Gasteiger partial charge in [-0.3, -0.25) is 10.1 Å². The summed E-state index contributed by atoms with van der Waals surface area (Å²) in [5.74, 6) is -1.49. The monoisotopic (exact) mass is 240 g/mol. The molecule has 0 spiro atoms. The van der Waals surface area contributed by atoms with Gasteiger partial charge in [-0.15, -0.1) is 0 Å². The van der Waals surface area contributed by atoms with E-state index in [1.165, 1.54) is 18.3 Å². The summed E-state index contributed by atoms with van der Waals surface area (Å²) in [7, 11) is 0. The van der Waals surface area contributed by atoms with Crippen LogP contribution >= 0.6 is 0 Å². The number of aromatic nitrogens is 1. The Labute approximate surface area is 94.7 Å². The molecule has 0 aliphatic rings. The molecule has 0 radical (unpaired) electrons. The van der Waals surface area contributed by atoms with E-state index >= 15 is 0 Å². The van der Waals surface area contributed by atoms with E-state index in [9.17, 15) is 19.7 Å². The fourth-order valence-electron chi connectivity index (χ4n) is 0.949. The molecule has 0 aliphatic carbocycles. The van der Waals surface area contributed by atoms with Gasteiger partial charge in [-0.1, -0.05) is 0 Å². The molecule has 0 unspecified atom stereocenters. The Morgan fingerprint density at radius 3 is 2.88 bits per heavy atom. The number of nitrogens with zero attached hydrogens (tertiary/aromatic N) is 2. The molecule has 17 heavy (non-hydrogen) atoms. The first-order valence-corrected chi connectivity index (χ1v) is 4.32. The van der Waals surface area contributed by atoms with Crippen molar-refractivity contribution in [1.29, 1.82) is 0 Å². The predicted octanol–water partition coefficient (Wildman–Crippen LogP) is -0.437. The van der Waals surface area contributed by atoms with E-state index in [0.717, 1.165) is 0 Å². The molecule has 1 heterocycles. The van der Waals surface area contributed by atoms with Crippen LogP contribution in [0.25, 0.3) is 0 Å². The van der Waals surface area contributed by atoms with Crippen LogP contribution in [0.4, 0.5) is 10.6 Å². The van der Waals surface area contributed by atoms with E-state index < -0.39 is 29.3 Å². The second kappa shape index (κ2) is 5.39. The molecule has 1 aromatic rings. The van der Waals surface area contributed by atoms with Crippen LogP contribution in [0.15, 0.2) is 18.3 Å². The van der Waals surface area contributed by atoms with Gasteiger partial charge in [-0.2, -0.15) is 0 Å². The van der Waals surface area contributed by atoms with E-state index in [-0.39, 0.29) is 5.75 Å². The summed E-state index contributed by atoms with van der Waals surface area (Å²) in [6.45, 7) is -0.574. The minimum absolute atomic E-state index is 0.169. The quantitative estimate of drug-likeness (QED) is 0.540. The zero-order valence-electron chi connectivity index (χ0n) is 8.45. The first-order valence-electron chi connectivity index (χ1n) is 4.32. The number of urea groups is 1. The lowest BCUT2D eigenvalue weighted by Crippen LogP contribution is -2.38. The average Bonchev–Trinajstić information content (AvgIpc) is 2.25. The van der Waals surface area contributed by atoms with Gasteiger partial charge >= 0.3 is 11.8 Å². The third kappa shape index (κ3) is 3.74. The molecule has 0 atom stereocenters. The summed E-state index contributed by atoms with van der Waals surface area (Å²) in [5.41, 5.74) is 4.69. The van der Waals surface area contributed by atoms with Crippen LogP contribution in [0.2, 0.25) is 0 Å².